The van der Waals surface area contributed by atoms with Crippen molar-refractivity contribution in [3.05, 3.63) is 101 Å². The highest BCUT2D eigenvalue weighted by Gasteiger charge is 2.11. The second-order valence-electron chi connectivity index (χ2n) is 5.89. The molecule has 0 radical (unpaired) electrons. The zero-order valence-corrected chi connectivity index (χ0v) is 14.5. The summed E-state index contributed by atoms with van der Waals surface area (Å²) in [6, 6.07) is 24.7. The van der Waals surface area contributed by atoms with Crippen LogP contribution in [-0.4, -0.2) is 11.8 Å². The first-order valence-corrected chi connectivity index (χ1v) is 8.39. The third kappa shape index (κ3) is 4.80. The second kappa shape index (κ2) is 8.45. The lowest BCUT2D eigenvalue weighted by molar-refractivity contribution is 0.0951. The molecular formula is C22H17N3O2. The summed E-state index contributed by atoms with van der Waals surface area (Å²) in [5.74, 6) is -0.565. The van der Waals surface area contributed by atoms with Crippen LogP contribution in [0.2, 0.25) is 0 Å². The number of hydrogen-bond acceptors (Lipinski definition) is 3. The van der Waals surface area contributed by atoms with E-state index in [2.05, 4.69) is 10.6 Å². The van der Waals surface area contributed by atoms with Gasteiger partial charge in [0.1, 0.15) is 0 Å². The molecule has 5 heteroatoms. The fourth-order valence-corrected chi connectivity index (χ4v) is 2.51. The first-order valence-electron chi connectivity index (χ1n) is 8.39. The summed E-state index contributed by atoms with van der Waals surface area (Å²) < 4.78 is 0. The number of carbonyl (C=O) groups is 2. The van der Waals surface area contributed by atoms with Crippen molar-refractivity contribution in [3.8, 4) is 6.07 Å². The Balaban J connectivity index is 1.65. The Bertz CT molecular complexity index is 990. The van der Waals surface area contributed by atoms with E-state index in [1.54, 1.807) is 48.5 Å². The van der Waals surface area contributed by atoms with Gasteiger partial charge in [-0.2, -0.15) is 5.26 Å². The van der Waals surface area contributed by atoms with Crippen LogP contribution in [0, 0.1) is 11.3 Å². The molecule has 0 saturated carbocycles. The Morgan fingerprint density at radius 2 is 1.48 bits per heavy atom. The van der Waals surface area contributed by atoms with Crippen LogP contribution in [0.5, 0.6) is 0 Å². The molecule has 0 aliphatic heterocycles. The van der Waals surface area contributed by atoms with E-state index < -0.39 is 0 Å². The number of nitriles is 1. The predicted molar refractivity (Wildman–Crippen MR) is 103 cm³/mol. The van der Waals surface area contributed by atoms with E-state index in [4.69, 9.17) is 5.26 Å². The van der Waals surface area contributed by atoms with Crippen molar-refractivity contribution < 1.29 is 9.59 Å². The molecule has 0 unspecified atom stereocenters. The van der Waals surface area contributed by atoms with E-state index >= 15 is 0 Å². The van der Waals surface area contributed by atoms with Gasteiger partial charge in [0.05, 0.1) is 11.6 Å². The summed E-state index contributed by atoms with van der Waals surface area (Å²) in [5.41, 5.74) is 2.90. The Labute approximate surface area is 157 Å². The van der Waals surface area contributed by atoms with Crippen LogP contribution < -0.4 is 10.6 Å². The highest BCUT2D eigenvalue weighted by atomic mass is 16.2. The minimum Gasteiger partial charge on any atom is -0.348 e. The lowest BCUT2D eigenvalue weighted by atomic mass is 10.1. The standard InChI is InChI=1S/C22H17N3O2/c23-14-16-9-11-20(12-10-16)25-22(27)19-8-4-7-18(13-19)21(26)24-15-17-5-2-1-3-6-17/h1-13H,15H2,(H,24,26)(H,25,27). The minimum absolute atomic E-state index is 0.244. The molecule has 27 heavy (non-hydrogen) atoms. The van der Waals surface area contributed by atoms with Gasteiger partial charge in [-0.1, -0.05) is 36.4 Å². The maximum atomic E-state index is 12.4. The van der Waals surface area contributed by atoms with Gasteiger partial charge in [0.2, 0.25) is 0 Å². The normalized spacial score (nSPS) is 9.89. The predicted octanol–water partition coefficient (Wildman–Crippen LogP) is 3.74. The van der Waals surface area contributed by atoms with Crippen molar-refractivity contribution >= 4 is 17.5 Å². The van der Waals surface area contributed by atoms with E-state index in [-0.39, 0.29) is 11.8 Å². The van der Waals surface area contributed by atoms with E-state index in [9.17, 15) is 9.59 Å². The average Bonchev–Trinajstić information content (AvgIpc) is 2.73. The molecule has 2 N–H and O–H groups in total. The minimum atomic E-state index is -0.322. The highest BCUT2D eigenvalue weighted by Crippen LogP contribution is 2.12. The van der Waals surface area contributed by atoms with Crippen LogP contribution >= 0.6 is 0 Å². The van der Waals surface area contributed by atoms with Crippen molar-refractivity contribution in [2.24, 2.45) is 0 Å². The topological polar surface area (TPSA) is 82.0 Å². The lowest BCUT2D eigenvalue weighted by Crippen LogP contribution is -2.23. The van der Waals surface area contributed by atoms with Crippen LogP contribution in [0.15, 0.2) is 78.9 Å². The number of anilines is 1. The van der Waals surface area contributed by atoms with Gasteiger partial charge in [0, 0.05) is 23.4 Å². The number of benzene rings is 3. The van der Waals surface area contributed by atoms with Gasteiger partial charge in [-0.3, -0.25) is 9.59 Å². The summed E-state index contributed by atoms with van der Waals surface area (Å²) in [4.78, 5) is 24.8. The van der Waals surface area contributed by atoms with Crippen LogP contribution in [0.25, 0.3) is 0 Å². The number of carbonyl (C=O) groups excluding carboxylic acids is 2. The molecule has 0 aromatic heterocycles. The van der Waals surface area contributed by atoms with E-state index in [1.807, 2.05) is 36.4 Å². The third-order valence-corrected chi connectivity index (χ3v) is 3.95. The van der Waals surface area contributed by atoms with Gasteiger partial charge in [-0.05, 0) is 48.0 Å². The Morgan fingerprint density at radius 3 is 2.15 bits per heavy atom. The molecule has 132 valence electrons. The van der Waals surface area contributed by atoms with Gasteiger partial charge in [-0.25, -0.2) is 0 Å². The largest absolute Gasteiger partial charge is 0.348 e. The number of rotatable bonds is 5. The summed E-state index contributed by atoms with van der Waals surface area (Å²) in [6.07, 6.45) is 0. The lowest BCUT2D eigenvalue weighted by Gasteiger charge is -2.08. The number of hydrogen-bond donors (Lipinski definition) is 2. The van der Waals surface area contributed by atoms with Crippen LogP contribution in [-0.2, 0) is 6.54 Å². The van der Waals surface area contributed by atoms with E-state index in [0.29, 0.717) is 28.9 Å². The second-order valence-corrected chi connectivity index (χ2v) is 5.89. The van der Waals surface area contributed by atoms with Gasteiger partial charge in [0.25, 0.3) is 11.8 Å². The molecule has 0 atom stereocenters. The average molecular weight is 355 g/mol. The molecule has 0 spiro atoms. The van der Waals surface area contributed by atoms with E-state index in [1.165, 1.54) is 0 Å². The quantitative estimate of drug-likeness (QED) is 0.731. The SMILES string of the molecule is N#Cc1ccc(NC(=O)c2cccc(C(=O)NCc3ccccc3)c2)cc1. The summed E-state index contributed by atoms with van der Waals surface area (Å²) >= 11 is 0. The van der Waals surface area contributed by atoms with Crippen molar-refractivity contribution in [1.82, 2.24) is 5.32 Å². The maximum Gasteiger partial charge on any atom is 0.255 e. The van der Waals surface area contributed by atoms with Crippen molar-refractivity contribution in [2.45, 2.75) is 6.54 Å². The molecule has 0 aliphatic rings. The summed E-state index contributed by atoms with van der Waals surface area (Å²) in [6.45, 7) is 0.418. The van der Waals surface area contributed by atoms with Crippen LogP contribution in [0.4, 0.5) is 5.69 Å². The highest BCUT2D eigenvalue weighted by molar-refractivity contribution is 6.06. The zero-order chi connectivity index (χ0) is 19.1. The summed E-state index contributed by atoms with van der Waals surface area (Å²) in [5, 5.41) is 14.4. The van der Waals surface area contributed by atoms with Crippen LogP contribution in [0.1, 0.15) is 31.8 Å². The Hall–Kier alpha value is -3.91. The molecule has 3 aromatic carbocycles. The van der Waals surface area contributed by atoms with Gasteiger partial charge < -0.3 is 10.6 Å². The molecular weight excluding hydrogens is 338 g/mol. The molecule has 0 saturated heterocycles. The maximum absolute atomic E-state index is 12.4. The smallest absolute Gasteiger partial charge is 0.255 e. The molecule has 5 nitrogen and oxygen atoms in total. The van der Waals surface area contributed by atoms with Crippen molar-refractivity contribution in [3.63, 3.8) is 0 Å². The molecule has 0 heterocycles. The molecule has 0 bridgehead atoms. The number of nitrogens with one attached hydrogen (secondary N) is 2. The fourth-order valence-electron chi connectivity index (χ4n) is 2.51. The van der Waals surface area contributed by atoms with Gasteiger partial charge >= 0.3 is 0 Å². The first-order chi connectivity index (χ1) is 13.2. The Morgan fingerprint density at radius 1 is 0.815 bits per heavy atom. The summed E-state index contributed by atoms with van der Waals surface area (Å²) in [7, 11) is 0. The van der Waals surface area contributed by atoms with E-state index in [0.717, 1.165) is 5.56 Å². The zero-order valence-electron chi connectivity index (χ0n) is 14.5. The molecule has 3 aromatic rings. The van der Waals surface area contributed by atoms with Gasteiger partial charge in [-0.15, -0.1) is 0 Å². The first kappa shape index (κ1) is 17.9. The third-order valence-electron chi connectivity index (χ3n) is 3.95. The van der Waals surface area contributed by atoms with Crippen LogP contribution in [0.3, 0.4) is 0 Å². The van der Waals surface area contributed by atoms with Gasteiger partial charge in [0.15, 0.2) is 0 Å². The fraction of sp³-hybridized carbons (Fsp3) is 0.0455. The van der Waals surface area contributed by atoms with Crippen molar-refractivity contribution in [1.29, 1.82) is 5.26 Å². The molecule has 2 amide bonds. The van der Waals surface area contributed by atoms with Crippen molar-refractivity contribution in [2.75, 3.05) is 5.32 Å². The number of amides is 2. The molecule has 0 aliphatic carbocycles. The molecule has 0 fully saturated rings. The Kier molecular flexibility index (Phi) is 5.60. The molecule has 3 rings (SSSR count). The monoisotopic (exact) mass is 355 g/mol. The number of nitrogens with zero attached hydrogens (tertiary/aromatic N) is 1.